The second kappa shape index (κ2) is 7.84. The van der Waals surface area contributed by atoms with Crippen LogP contribution in [0.3, 0.4) is 0 Å². The van der Waals surface area contributed by atoms with Crippen LogP contribution in [0.15, 0.2) is 42.5 Å². The van der Waals surface area contributed by atoms with Gasteiger partial charge in [0.15, 0.2) is 5.78 Å². The van der Waals surface area contributed by atoms with Crippen molar-refractivity contribution in [3.63, 3.8) is 0 Å². The first-order valence-corrected chi connectivity index (χ1v) is 10.1. The van der Waals surface area contributed by atoms with Crippen LogP contribution in [0.25, 0.3) is 0 Å². The molecule has 1 atom stereocenters. The average Bonchev–Trinajstić information content (AvgIpc) is 2.64. The number of benzene rings is 2. The molecule has 0 fully saturated rings. The first-order valence-electron chi connectivity index (χ1n) is 9.70. The summed E-state index contributed by atoms with van der Waals surface area (Å²) in [6.07, 6.45) is 1.25. The van der Waals surface area contributed by atoms with Crippen molar-refractivity contribution in [1.29, 1.82) is 0 Å². The monoisotopic (exact) mass is 406 g/mol. The molecule has 148 valence electrons. The Bertz CT molecular complexity index is 1100. The van der Waals surface area contributed by atoms with Gasteiger partial charge in [-0.05, 0) is 61.6 Å². The van der Waals surface area contributed by atoms with Gasteiger partial charge >= 0.3 is 0 Å². The lowest BCUT2D eigenvalue weighted by Crippen LogP contribution is -2.22. The van der Waals surface area contributed by atoms with Crippen molar-refractivity contribution < 1.29 is 4.79 Å². The first-order chi connectivity index (χ1) is 13.9. The molecule has 0 amide bonds. The fourth-order valence-electron chi connectivity index (χ4n) is 3.64. The SMILES string of the molecule is Cc1cccc(Nc2nc3c(c(Nc4cccc(Cl)c4C)n2)C(=O)CC(C)C3)c1. The highest BCUT2D eigenvalue weighted by Crippen LogP contribution is 2.33. The van der Waals surface area contributed by atoms with Crippen LogP contribution in [0.4, 0.5) is 23.1 Å². The maximum absolute atomic E-state index is 12.8. The van der Waals surface area contributed by atoms with Crippen molar-refractivity contribution in [2.45, 2.75) is 33.6 Å². The Morgan fingerprint density at radius 3 is 2.62 bits per heavy atom. The number of aryl methyl sites for hydroxylation is 1. The van der Waals surface area contributed by atoms with E-state index in [1.54, 1.807) is 0 Å². The number of anilines is 4. The van der Waals surface area contributed by atoms with E-state index in [1.165, 1.54) is 0 Å². The minimum absolute atomic E-state index is 0.0723. The third kappa shape index (κ3) is 4.10. The summed E-state index contributed by atoms with van der Waals surface area (Å²) in [6.45, 7) is 6.05. The van der Waals surface area contributed by atoms with Crippen LogP contribution in [-0.4, -0.2) is 15.8 Å². The Kier molecular flexibility index (Phi) is 5.24. The summed E-state index contributed by atoms with van der Waals surface area (Å²) in [6, 6.07) is 13.7. The van der Waals surface area contributed by atoms with Crippen molar-refractivity contribution in [2.24, 2.45) is 5.92 Å². The molecule has 6 heteroatoms. The number of hydrogen-bond acceptors (Lipinski definition) is 5. The highest BCUT2D eigenvalue weighted by atomic mass is 35.5. The number of nitrogens with one attached hydrogen (secondary N) is 2. The third-order valence-corrected chi connectivity index (χ3v) is 5.54. The Morgan fingerprint density at radius 2 is 1.83 bits per heavy atom. The molecule has 0 saturated carbocycles. The molecule has 29 heavy (non-hydrogen) atoms. The molecule has 0 bridgehead atoms. The number of carbonyl (C=O) groups excluding carboxylic acids is 1. The number of nitrogens with zero attached hydrogens (tertiary/aromatic N) is 2. The molecule has 3 aromatic rings. The lowest BCUT2D eigenvalue weighted by Gasteiger charge is -2.23. The maximum Gasteiger partial charge on any atom is 0.229 e. The van der Waals surface area contributed by atoms with E-state index in [0.717, 1.165) is 34.6 Å². The van der Waals surface area contributed by atoms with Crippen LogP contribution in [0.5, 0.6) is 0 Å². The molecule has 2 aromatic carbocycles. The Labute approximate surface area is 175 Å². The summed E-state index contributed by atoms with van der Waals surface area (Å²) in [5.74, 6) is 1.33. The summed E-state index contributed by atoms with van der Waals surface area (Å²) < 4.78 is 0. The Morgan fingerprint density at radius 1 is 1.03 bits per heavy atom. The van der Waals surface area contributed by atoms with Crippen LogP contribution in [0, 0.1) is 19.8 Å². The molecule has 1 heterocycles. The number of aromatic nitrogens is 2. The summed E-state index contributed by atoms with van der Waals surface area (Å²) in [5.41, 5.74) is 5.14. The van der Waals surface area contributed by atoms with Crippen molar-refractivity contribution in [2.75, 3.05) is 10.6 Å². The van der Waals surface area contributed by atoms with E-state index in [4.69, 9.17) is 11.6 Å². The van der Waals surface area contributed by atoms with E-state index in [-0.39, 0.29) is 11.7 Å². The van der Waals surface area contributed by atoms with Crippen LogP contribution in [0.2, 0.25) is 5.02 Å². The van der Waals surface area contributed by atoms with E-state index in [9.17, 15) is 4.79 Å². The van der Waals surface area contributed by atoms with Crippen molar-refractivity contribution in [1.82, 2.24) is 9.97 Å². The van der Waals surface area contributed by atoms with Crippen LogP contribution >= 0.6 is 11.6 Å². The predicted octanol–water partition coefficient (Wildman–Crippen LogP) is 6.00. The second-order valence-corrected chi connectivity index (χ2v) is 8.09. The van der Waals surface area contributed by atoms with Gasteiger partial charge in [0.2, 0.25) is 5.95 Å². The van der Waals surface area contributed by atoms with Gasteiger partial charge in [-0.2, -0.15) is 4.98 Å². The van der Waals surface area contributed by atoms with Crippen molar-refractivity contribution in [3.8, 4) is 0 Å². The number of hydrogen-bond donors (Lipinski definition) is 2. The number of fused-ring (bicyclic) bond motifs is 1. The molecule has 1 unspecified atom stereocenters. The second-order valence-electron chi connectivity index (χ2n) is 7.69. The quantitative estimate of drug-likeness (QED) is 0.556. The fraction of sp³-hybridized carbons (Fsp3) is 0.261. The molecule has 0 spiro atoms. The normalized spacial score (nSPS) is 15.7. The molecule has 5 nitrogen and oxygen atoms in total. The van der Waals surface area contributed by atoms with Gasteiger partial charge in [-0.15, -0.1) is 0 Å². The Hall–Kier alpha value is -2.92. The van der Waals surface area contributed by atoms with E-state index in [0.29, 0.717) is 28.8 Å². The predicted molar refractivity (Wildman–Crippen MR) is 118 cm³/mol. The molecule has 0 aliphatic heterocycles. The fourth-order valence-corrected chi connectivity index (χ4v) is 3.81. The van der Waals surface area contributed by atoms with Gasteiger partial charge in [-0.3, -0.25) is 4.79 Å². The molecule has 0 radical (unpaired) electrons. The zero-order valence-corrected chi connectivity index (χ0v) is 17.5. The van der Waals surface area contributed by atoms with E-state index < -0.39 is 0 Å². The Balaban J connectivity index is 1.78. The first kappa shape index (κ1) is 19.4. The number of halogens is 1. The van der Waals surface area contributed by atoms with Gasteiger partial charge in [0.1, 0.15) is 5.82 Å². The summed E-state index contributed by atoms with van der Waals surface area (Å²) in [4.78, 5) is 22.1. The number of rotatable bonds is 4. The van der Waals surface area contributed by atoms with E-state index in [1.807, 2.05) is 56.3 Å². The minimum Gasteiger partial charge on any atom is -0.339 e. The van der Waals surface area contributed by atoms with Gasteiger partial charge in [0.05, 0.1) is 11.3 Å². The summed E-state index contributed by atoms with van der Waals surface area (Å²) in [5, 5.41) is 7.27. The van der Waals surface area contributed by atoms with Crippen LogP contribution < -0.4 is 10.6 Å². The van der Waals surface area contributed by atoms with E-state index >= 15 is 0 Å². The smallest absolute Gasteiger partial charge is 0.229 e. The molecular weight excluding hydrogens is 384 g/mol. The highest BCUT2D eigenvalue weighted by molar-refractivity contribution is 6.31. The molecule has 4 rings (SSSR count). The topological polar surface area (TPSA) is 66.9 Å². The highest BCUT2D eigenvalue weighted by Gasteiger charge is 2.28. The van der Waals surface area contributed by atoms with Gasteiger partial charge in [0.25, 0.3) is 0 Å². The molecule has 1 aliphatic carbocycles. The maximum atomic E-state index is 12.8. The number of Topliss-reactive ketones (excluding diaryl/α,β-unsaturated/α-hetero) is 1. The number of carbonyl (C=O) groups is 1. The summed E-state index contributed by atoms with van der Waals surface area (Å²) in [7, 11) is 0. The van der Waals surface area contributed by atoms with Crippen LogP contribution in [0.1, 0.15) is 40.5 Å². The average molecular weight is 407 g/mol. The van der Waals surface area contributed by atoms with Crippen LogP contribution in [-0.2, 0) is 6.42 Å². The molecule has 1 aromatic heterocycles. The zero-order valence-electron chi connectivity index (χ0n) is 16.7. The zero-order chi connectivity index (χ0) is 20.5. The lowest BCUT2D eigenvalue weighted by molar-refractivity contribution is 0.0953. The largest absolute Gasteiger partial charge is 0.339 e. The van der Waals surface area contributed by atoms with Gasteiger partial charge in [-0.1, -0.05) is 36.7 Å². The van der Waals surface area contributed by atoms with Crippen molar-refractivity contribution >= 4 is 40.5 Å². The number of ketones is 1. The van der Waals surface area contributed by atoms with E-state index in [2.05, 4.69) is 27.5 Å². The standard InChI is InChI=1S/C23H23ClN4O/c1-13-6-4-7-16(10-13)25-23-27-19-11-14(2)12-20(29)21(19)22(28-23)26-18-9-5-8-17(24)15(18)3/h4-10,14H,11-12H2,1-3H3,(H2,25,26,27,28). The molecule has 1 aliphatic rings. The van der Waals surface area contributed by atoms with Gasteiger partial charge < -0.3 is 10.6 Å². The molecular formula is C23H23ClN4O. The molecule has 2 N–H and O–H groups in total. The third-order valence-electron chi connectivity index (χ3n) is 5.13. The summed E-state index contributed by atoms with van der Waals surface area (Å²) >= 11 is 6.27. The minimum atomic E-state index is 0.0723. The molecule has 0 saturated heterocycles. The van der Waals surface area contributed by atoms with Gasteiger partial charge in [0, 0.05) is 22.8 Å². The van der Waals surface area contributed by atoms with Crippen molar-refractivity contribution in [3.05, 3.63) is 69.9 Å². The van der Waals surface area contributed by atoms with Gasteiger partial charge in [-0.25, -0.2) is 4.98 Å². The lowest BCUT2D eigenvalue weighted by atomic mass is 9.87.